The molecule has 6 heteroatoms. The molecule has 1 heterocycles. The van der Waals surface area contributed by atoms with Crippen molar-refractivity contribution in [2.45, 2.75) is 6.92 Å². The maximum absolute atomic E-state index is 5.97. The highest BCUT2D eigenvalue weighted by Gasteiger charge is 2.08. The number of aromatic amines is 1. The number of rotatable bonds is 1. The summed E-state index contributed by atoms with van der Waals surface area (Å²) in [5, 5.41) is 14.7. The summed E-state index contributed by atoms with van der Waals surface area (Å²) in [7, 11) is 0. The molecular weight excluding hydrogens is 223 g/mol. The first-order chi connectivity index (χ1) is 6.68. The van der Waals surface area contributed by atoms with Gasteiger partial charge in [0.05, 0.1) is 0 Å². The molecule has 4 nitrogen and oxygen atoms in total. The van der Waals surface area contributed by atoms with Crippen LogP contribution in [0.25, 0.3) is 11.4 Å². The molecule has 0 unspecified atom stereocenters. The molecule has 0 amide bonds. The number of hydrogen-bond donors (Lipinski definition) is 1. The third-order valence-electron chi connectivity index (χ3n) is 1.88. The van der Waals surface area contributed by atoms with E-state index in [4.69, 9.17) is 23.2 Å². The number of benzene rings is 1. The van der Waals surface area contributed by atoms with Crippen LogP contribution in [0.5, 0.6) is 0 Å². The molecule has 1 aromatic carbocycles. The van der Waals surface area contributed by atoms with Crippen molar-refractivity contribution in [3.8, 4) is 11.4 Å². The molecule has 1 aromatic heterocycles. The van der Waals surface area contributed by atoms with Gasteiger partial charge in [-0.05, 0) is 29.8 Å². The molecule has 0 aliphatic rings. The summed E-state index contributed by atoms with van der Waals surface area (Å²) in [5.74, 6) is 0.480. The number of aromatic nitrogens is 4. The summed E-state index contributed by atoms with van der Waals surface area (Å²) in [4.78, 5) is 0. The van der Waals surface area contributed by atoms with Crippen molar-refractivity contribution < 1.29 is 0 Å². The molecule has 0 saturated carbocycles. The first-order valence-electron chi connectivity index (χ1n) is 3.88. The van der Waals surface area contributed by atoms with Gasteiger partial charge in [-0.2, -0.15) is 5.21 Å². The summed E-state index contributed by atoms with van der Waals surface area (Å²) >= 11 is 11.9. The predicted molar refractivity (Wildman–Crippen MR) is 54.4 cm³/mol. The Kier molecular flexibility index (Phi) is 2.39. The summed E-state index contributed by atoms with van der Waals surface area (Å²) < 4.78 is 0. The number of nitrogens with one attached hydrogen (secondary N) is 1. The van der Waals surface area contributed by atoms with Crippen LogP contribution in [0.15, 0.2) is 12.1 Å². The number of tetrazole rings is 1. The van der Waals surface area contributed by atoms with Crippen LogP contribution >= 0.6 is 23.2 Å². The van der Waals surface area contributed by atoms with Gasteiger partial charge in [-0.1, -0.05) is 23.2 Å². The van der Waals surface area contributed by atoms with Gasteiger partial charge < -0.3 is 0 Å². The van der Waals surface area contributed by atoms with Gasteiger partial charge in [-0.15, -0.1) is 10.2 Å². The van der Waals surface area contributed by atoms with E-state index in [-0.39, 0.29) is 0 Å². The lowest BCUT2D eigenvalue weighted by molar-refractivity contribution is 0.881. The van der Waals surface area contributed by atoms with Gasteiger partial charge >= 0.3 is 0 Å². The highest BCUT2D eigenvalue weighted by atomic mass is 35.5. The van der Waals surface area contributed by atoms with Crippen LogP contribution in [0.3, 0.4) is 0 Å². The zero-order valence-corrected chi connectivity index (χ0v) is 8.76. The van der Waals surface area contributed by atoms with Crippen LogP contribution in [0.2, 0.25) is 10.0 Å². The Morgan fingerprint density at radius 3 is 2.36 bits per heavy atom. The normalized spacial score (nSPS) is 10.5. The number of halogens is 2. The molecular formula is C8H6Cl2N4. The SMILES string of the molecule is Cc1c(Cl)cc(-c2nn[nH]n2)cc1Cl. The van der Waals surface area contributed by atoms with Crippen molar-refractivity contribution in [2.75, 3.05) is 0 Å². The zero-order valence-electron chi connectivity index (χ0n) is 7.25. The van der Waals surface area contributed by atoms with Gasteiger partial charge in [-0.3, -0.25) is 0 Å². The summed E-state index contributed by atoms with van der Waals surface area (Å²) in [6, 6.07) is 3.52. The van der Waals surface area contributed by atoms with Gasteiger partial charge in [-0.25, -0.2) is 0 Å². The third-order valence-corrected chi connectivity index (χ3v) is 2.67. The maximum atomic E-state index is 5.97. The minimum Gasteiger partial charge on any atom is -0.177 e. The van der Waals surface area contributed by atoms with E-state index < -0.39 is 0 Å². The second-order valence-electron chi connectivity index (χ2n) is 2.80. The molecule has 72 valence electrons. The van der Waals surface area contributed by atoms with Crippen LogP contribution in [0.1, 0.15) is 5.56 Å². The summed E-state index contributed by atoms with van der Waals surface area (Å²) in [5.41, 5.74) is 1.60. The highest BCUT2D eigenvalue weighted by molar-refractivity contribution is 6.36. The molecule has 2 rings (SSSR count). The van der Waals surface area contributed by atoms with Gasteiger partial charge in [0, 0.05) is 15.6 Å². The average Bonchev–Trinajstić information content (AvgIpc) is 2.66. The van der Waals surface area contributed by atoms with Crippen LogP contribution in [-0.2, 0) is 0 Å². The van der Waals surface area contributed by atoms with E-state index in [1.165, 1.54) is 0 Å². The van der Waals surface area contributed by atoms with Crippen molar-refractivity contribution in [3.63, 3.8) is 0 Å². The van der Waals surface area contributed by atoms with E-state index in [9.17, 15) is 0 Å². The smallest absolute Gasteiger partial charge is 0.177 e. The lowest BCUT2D eigenvalue weighted by Gasteiger charge is -2.02. The standard InChI is InChI=1S/C8H6Cl2N4/c1-4-6(9)2-5(3-7(4)10)8-11-13-14-12-8/h2-3H,1H3,(H,11,12,13,14). The topological polar surface area (TPSA) is 54.5 Å². The Morgan fingerprint density at radius 2 is 1.86 bits per heavy atom. The molecule has 0 radical (unpaired) electrons. The number of nitrogens with zero attached hydrogens (tertiary/aromatic N) is 3. The molecule has 0 spiro atoms. The summed E-state index contributed by atoms with van der Waals surface area (Å²) in [6.45, 7) is 1.85. The van der Waals surface area contributed by atoms with Crippen LogP contribution in [-0.4, -0.2) is 20.6 Å². The Morgan fingerprint density at radius 1 is 1.21 bits per heavy atom. The molecule has 0 saturated heterocycles. The van der Waals surface area contributed by atoms with E-state index in [2.05, 4.69) is 20.6 Å². The lowest BCUT2D eigenvalue weighted by Crippen LogP contribution is -1.84. The summed E-state index contributed by atoms with van der Waals surface area (Å²) in [6.07, 6.45) is 0. The van der Waals surface area contributed by atoms with Gasteiger partial charge in [0.15, 0.2) is 0 Å². The molecule has 1 N–H and O–H groups in total. The van der Waals surface area contributed by atoms with Crippen molar-refractivity contribution in [1.82, 2.24) is 20.6 Å². The average molecular weight is 229 g/mol. The Labute approximate surface area is 90.2 Å². The molecule has 0 aliphatic carbocycles. The van der Waals surface area contributed by atoms with Crippen LogP contribution in [0.4, 0.5) is 0 Å². The molecule has 2 aromatic rings. The first-order valence-corrected chi connectivity index (χ1v) is 4.63. The van der Waals surface area contributed by atoms with Crippen molar-refractivity contribution >= 4 is 23.2 Å². The zero-order chi connectivity index (χ0) is 10.1. The fraction of sp³-hybridized carbons (Fsp3) is 0.125. The number of hydrogen-bond acceptors (Lipinski definition) is 3. The lowest BCUT2D eigenvalue weighted by atomic mass is 10.1. The van der Waals surface area contributed by atoms with E-state index >= 15 is 0 Å². The monoisotopic (exact) mass is 228 g/mol. The molecule has 0 aliphatic heterocycles. The van der Waals surface area contributed by atoms with Crippen molar-refractivity contribution in [3.05, 3.63) is 27.7 Å². The molecule has 0 fully saturated rings. The number of H-pyrrole nitrogens is 1. The van der Waals surface area contributed by atoms with Crippen LogP contribution in [0, 0.1) is 6.92 Å². The van der Waals surface area contributed by atoms with Gasteiger partial charge in [0.2, 0.25) is 5.82 Å². The molecule has 0 atom stereocenters. The van der Waals surface area contributed by atoms with E-state index in [1.54, 1.807) is 12.1 Å². The highest BCUT2D eigenvalue weighted by Crippen LogP contribution is 2.29. The fourth-order valence-electron chi connectivity index (χ4n) is 1.06. The van der Waals surface area contributed by atoms with Crippen molar-refractivity contribution in [1.29, 1.82) is 0 Å². The second-order valence-corrected chi connectivity index (χ2v) is 3.61. The minimum atomic E-state index is 0.480. The Hall–Kier alpha value is -1.13. The van der Waals surface area contributed by atoms with Gasteiger partial charge in [0.1, 0.15) is 0 Å². The van der Waals surface area contributed by atoms with E-state index in [0.29, 0.717) is 15.9 Å². The largest absolute Gasteiger partial charge is 0.204 e. The van der Waals surface area contributed by atoms with Gasteiger partial charge in [0.25, 0.3) is 0 Å². The first kappa shape index (κ1) is 9.43. The molecule has 14 heavy (non-hydrogen) atoms. The second kappa shape index (κ2) is 3.55. The Bertz CT molecular complexity index is 429. The molecule has 0 bridgehead atoms. The van der Waals surface area contributed by atoms with Crippen LogP contribution < -0.4 is 0 Å². The van der Waals surface area contributed by atoms with E-state index in [0.717, 1.165) is 11.1 Å². The third kappa shape index (κ3) is 1.58. The Balaban J connectivity index is 2.57. The quantitative estimate of drug-likeness (QED) is 0.817. The predicted octanol–water partition coefficient (Wildman–Crippen LogP) is 2.48. The minimum absolute atomic E-state index is 0.480. The maximum Gasteiger partial charge on any atom is 0.204 e. The fourth-order valence-corrected chi connectivity index (χ4v) is 1.55. The van der Waals surface area contributed by atoms with Crippen molar-refractivity contribution in [2.24, 2.45) is 0 Å². The van der Waals surface area contributed by atoms with E-state index in [1.807, 2.05) is 6.92 Å².